The van der Waals surface area contributed by atoms with Crippen LogP contribution in [0.4, 0.5) is 0 Å². The second-order valence-corrected chi connectivity index (χ2v) is 6.57. The Morgan fingerprint density at radius 3 is 2.05 bits per heavy atom. The molecule has 0 aromatic heterocycles. The third-order valence-corrected chi connectivity index (χ3v) is 4.34. The Balaban J connectivity index is 2.49. The molecule has 0 spiro atoms. The molecule has 1 amide bonds. The summed E-state index contributed by atoms with van der Waals surface area (Å²) in [7, 11) is -0.0247. The van der Waals surface area contributed by atoms with E-state index in [4.69, 9.17) is 9.47 Å². The molecule has 1 heterocycles. The molecule has 0 unspecified atom stereocenters. The quantitative estimate of drug-likeness (QED) is 0.574. The molecule has 112 valence electrons. The summed E-state index contributed by atoms with van der Waals surface area (Å²) in [6.07, 6.45) is 1.15. The summed E-state index contributed by atoms with van der Waals surface area (Å²) in [5.74, 6) is -0.280. The van der Waals surface area contributed by atoms with Gasteiger partial charge in [0.15, 0.2) is 0 Å². The molecule has 19 heavy (non-hydrogen) atoms. The van der Waals surface area contributed by atoms with Crippen molar-refractivity contribution in [1.82, 2.24) is 9.21 Å². The van der Waals surface area contributed by atoms with Crippen LogP contribution in [0, 0.1) is 5.92 Å². The number of methoxy groups -OCH3 is 2. The van der Waals surface area contributed by atoms with E-state index in [-0.39, 0.29) is 24.9 Å². The number of hydrogen-bond acceptors (Lipinski definition) is 5. The van der Waals surface area contributed by atoms with Gasteiger partial charge in [0.05, 0.1) is 25.4 Å². The highest BCUT2D eigenvalue weighted by molar-refractivity contribution is 7.88. The van der Waals surface area contributed by atoms with Gasteiger partial charge < -0.3 is 14.4 Å². The standard InChI is InChI=1S/C11H22N2O5S/c1-17-6-4-12(5-7-18-2)11(14)10-8-13(9-10)19(3,15)16/h10H,4-9H2,1-3H3. The Morgan fingerprint density at radius 1 is 1.21 bits per heavy atom. The van der Waals surface area contributed by atoms with Crippen molar-refractivity contribution in [3.63, 3.8) is 0 Å². The predicted molar refractivity (Wildman–Crippen MR) is 70.2 cm³/mol. The zero-order valence-corrected chi connectivity index (χ0v) is 12.5. The van der Waals surface area contributed by atoms with Gasteiger partial charge in [0.2, 0.25) is 15.9 Å². The molecule has 1 rings (SSSR count). The van der Waals surface area contributed by atoms with Crippen LogP contribution in [0.15, 0.2) is 0 Å². The number of sulfonamides is 1. The van der Waals surface area contributed by atoms with Crippen LogP contribution in [0.3, 0.4) is 0 Å². The molecule has 0 saturated carbocycles. The van der Waals surface area contributed by atoms with Gasteiger partial charge >= 0.3 is 0 Å². The van der Waals surface area contributed by atoms with E-state index < -0.39 is 10.0 Å². The second-order valence-electron chi connectivity index (χ2n) is 4.59. The fourth-order valence-electron chi connectivity index (χ4n) is 1.86. The molecule has 1 saturated heterocycles. The maximum Gasteiger partial charge on any atom is 0.228 e. The fourth-order valence-corrected chi connectivity index (χ4v) is 2.76. The number of rotatable bonds is 8. The van der Waals surface area contributed by atoms with Crippen LogP contribution in [-0.4, -0.2) is 83.4 Å². The number of hydrogen-bond donors (Lipinski definition) is 0. The van der Waals surface area contributed by atoms with Crippen LogP contribution in [0.1, 0.15) is 0 Å². The van der Waals surface area contributed by atoms with Gasteiger partial charge in [-0.05, 0) is 0 Å². The minimum atomic E-state index is -3.18. The summed E-state index contributed by atoms with van der Waals surface area (Å²) in [6.45, 7) is 2.44. The first-order valence-electron chi connectivity index (χ1n) is 6.12. The minimum absolute atomic E-state index is 0.0333. The molecule has 8 heteroatoms. The van der Waals surface area contributed by atoms with Gasteiger partial charge in [0.1, 0.15) is 0 Å². The monoisotopic (exact) mass is 294 g/mol. The Labute approximate surface area is 114 Å². The van der Waals surface area contributed by atoms with Crippen molar-refractivity contribution in [3.8, 4) is 0 Å². The molecule has 0 N–H and O–H groups in total. The van der Waals surface area contributed by atoms with Crippen molar-refractivity contribution in [2.24, 2.45) is 5.92 Å². The Hall–Kier alpha value is -0.700. The van der Waals surface area contributed by atoms with Gasteiger partial charge in [-0.25, -0.2) is 12.7 Å². The molecule has 7 nitrogen and oxygen atoms in total. The number of carbonyl (C=O) groups excluding carboxylic acids is 1. The van der Waals surface area contributed by atoms with E-state index in [1.165, 1.54) is 4.31 Å². The zero-order valence-electron chi connectivity index (χ0n) is 11.7. The average molecular weight is 294 g/mol. The highest BCUT2D eigenvalue weighted by atomic mass is 32.2. The molecular formula is C11H22N2O5S. The molecule has 1 aliphatic rings. The summed E-state index contributed by atoms with van der Waals surface area (Å²) in [4.78, 5) is 13.9. The summed E-state index contributed by atoms with van der Waals surface area (Å²) in [5, 5.41) is 0. The normalized spacial score (nSPS) is 17.2. The highest BCUT2D eigenvalue weighted by Gasteiger charge is 2.39. The molecule has 0 bridgehead atoms. The third-order valence-electron chi connectivity index (χ3n) is 3.11. The van der Waals surface area contributed by atoms with Crippen molar-refractivity contribution in [2.75, 3.05) is 59.9 Å². The lowest BCUT2D eigenvalue weighted by molar-refractivity contribution is -0.140. The summed E-state index contributed by atoms with van der Waals surface area (Å²) >= 11 is 0. The Morgan fingerprint density at radius 2 is 1.68 bits per heavy atom. The van der Waals surface area contributed by atoms with Crippen LogP contribution in [0.5, 0.6) is 0 Å². The van der Waals surface area contributed by atoms with Crippen LogP contribution >= 0.6 is 0 Å². The van der Waals surface area contributed by atoms with Crippen molar-refractivity contribution < 1.29 is 22.7 Å². The van der Waals surface area contributed by atoms with Crippen LogP contribution in [0.2, 0.25) is 0 Å². The Bertz CT molecular complexity index is 384. The topological polar surface area (TPSA) is 76.2 Å². The van der Waals surface area contributed by atoms with Crippen LogP contribution < -0.4 is 0 Å². The van der Waals surface area contributed by atoms with E-state index in [1.807, 2.05) is 0 Å². The first-order valence-corrected chi connectivity index (χ1v) is 7.96. The van der Waals surface area contributed by atoms with Crippen molar-refractivity contribution in [1.29, 1.82) is 0 Å². The average Bonchev–Trinajstić information content (AvgIpc) is 2.25. The molecule has 0 aliphatic carbocycles. The van der Waals surface area contributed by atoms with Gasteiger partial charge in [0.25, 0.3) is 0 Å². The van der Waals surface area contributed by atoms with E-state index in [0.717, 1.165) is 6.26 Å². The Kier molecular flexibility index (Phi) is 6.18. The van der Waals surface area contributed by atoms with Gasteiger partial charge in [-0.3, -0.25) is 4.79 Å². The van der Waals surface area contributed by atoms with Gasteiger partial charge in [-0.15, -0.1) is 0 Å². The molecule has 0 aromatic carbocycles. The van der Waals surface area contributed by atoms with Gasteiger partial charge in [-0.1, -0.05) is 0 Å². The van der Waals surface area contributed by atoms with Crippen molar-refractivity contribution in [3.05, 3.63) is 0 Å². The fraction of sp³-hybridized carbons (Fsp3) is 0.909. The number of nitrogens with zero attached hydrogens (tertiary/aromatic N) is 2. The number of amides is 1. The third kappa shape index (κ3) is 4.72. The second kappa shape index (κ2) is 7.18. The molecule has 0 radical (unpaired) electrons. The summed E-state index contributed by atoms with van der Waals surface area (Å²) in [6, 6.07) is 0. The zero-order chi connectivity index (χ0) is 14.5. The van der Waals surface area contributed by atoms with E-state index >= 15 is 0 Å². The first kappa shape index (κ1) is 16.4. The SMILES string of the molecule is COCCN(CCOC)C(=O)C1CN(S(C)(=O)=O)C1. The lowest BCUT2D eigenvalue weighted by Gasteiger charge is -2.38. The molecular weight excluding hydrogens is 272 g/mol. The number of ether oxygens (including phenoxy) is 2. The number of carbonyl (C=O) groups is 1. The largest absolute Gasteiger partial charge is 0.383 e. The molecule has 0 aromatic rings. The first-order chi connectivity index (χ1) is 8.90. The van der Waals surface area contributed by atoms with Crippen LogP contribution in [0.25, 0.3) is 0 Å². The lowest BCUT2D eigenvalue weighted by Crippen LogP contribution is -2.56. The van der Waals surface area contributed by atoms with Gasteiger partial charge in [-0.2, -0.15) is 0 Å². The molecule has 1 aliphatic heterocycles. The van der Waals surface area contributed by atoms with E-state index in [0.29, 0.717) is 26.3 Å². The smallest absolute Gasteiger partial charge is 0.228 e. The summed E-state index contributed by atoms with van der Waals surface area (Å²) in [5.41, 5.74) is 0. The van der Waals surface area contributed by atoms with Crippen molar-refractivity contribution in [2.45, 2.75) is 0 Å². The van der Waals surface area contributed by atoms with E-state index in [1.54, 1.807) is 19.1 Å². The highest BCUT2D eigenvalue weighted by Crippen LogP contribution is 2.20. The van der Waals surface area contributed by atoms with E-state index in [2.05, 4.69) is 0 Å². The minimum Gasteiger partial charge on any atom is -0.383 e. The maximum absolute atomic E-state index is 12.2. The van der Waals surface area contributed by atoms with Crippen molar-refractivity contribution >= 4 is 15.9 Å². The van der Waals surface area contributed by atoms with Crippen LogP contribution in [-0.2, 0) is 24.3 Å². The maximum atomic E-state index is 12.2. The summed E-state index contributed by atoms with van der Waals surface area (Å²) < 4.78 is 33.8. The molecule has 0 atom stereocenters. The lowest BCUT2D eigenvalue weighted by atomic mass is 10.0. The van der Waals surface area contributed by atoms with E-state index in [9.17, 15) is 13.2 Å². The van der Waals surface area contributed by atoms with Gasteiger partial charge in [0, 0.05) is 40.4 Å². The predicted octanol–water partition coefficient (Wildman–Crippen LogP) is -1.00. The molecule has 1 fully saturated rings.